The number of hydrazine groups is 1. The van der Waals surface area contributed by atoms with Crippen LogP contribution < -0.4 is 16.3 Å². The van der Waals surface area contributed by atoms with E-state index < -0.39 is 17.2 Å². The molecule has 7 heteroatoms. The normalized spacial score (nSPS) is 10.5. The van der Waals surface area contributed by atoms with E-state index in [1.807, 2.05) is 19.1 Å². The minimum Gasteiger partial charge on any atom is -0.451 e. The second-order valence-electron chi connectivity index (χ2n) is 5.57. The summed E-state index contributed by atoms with van der Waals surface area (Å²) in [5.41, 5.74) is 5.85. The van der Waals surface area contributed by atoms with Crippen LogP contribution in [0.25, 0.3) is 11.0 Å². The molecule has 0 bridgehead atoms. The predicted octanol–water partition coefficient (Wildman–Crippen LogP) is 3.08. The first kappa shape index (κ1) is 17.7. The van der Waals surface area contributed by atoms with Gasteiger partial charge in [-0.05, 0) is 42.3 Å². The maximum absolute atomic E-state index is 12.2. The van der Waals surface area contributed by atoms with Crippen LogP contribution in [0.5, 0.6) is 0 Å². The first-order valence-corrected chi connectivity index (χ1v) is 8.28. The number of carbonyl (C=O) groups excluding carboxylic acids is 2. The van der Waals surface area contributed by atoms with E-state index in [0.717, 1.165) is 18.1 Å². The largest absolute Gasteiger partial charge is 0.451 e. The number of benzene rings is 2. The van der Waals surface area contributed by atoms with E-state index in [0.29, 0.717) is 10.6 Å². The SMILES string of the molecule is CCc1ccc(C(=O)NNC(=O)c2cc(=O)c3cc(Cl)ccc3o2)cc1. The molecule has 0 saturated carbocycles. The molecule has 2 aromatic carbocycles. The summed E-state index contributed by atoms with van der Waals surface area (Å²) in [5, 5.41) is 0.664. The van der Waals surface area contributed by atoms with Crippen molar-refractivity contribution in [3.05, 3.63) is 80.7 Å². The van der Waals surface area contributed by atoms with Crippen LogP contribution in [-0.2, 0) is 6.42 Å². The van der Waals surface area contributed by atoms with Gasteiger partial charge in [-0.25, -0.2) is 0 Å². The first-order valence-electron chi connectivity index (χ1n) is 7.91. The third-order valence-corrected chi connectivity index (χ3v) is 4.06. The summed E-state index contributed by atoms with van der Waals surface area (Å²) >= 11 is 5.85. The minimum atomic E-state index is -0.738. The van der Waals surface area contributed by atoms with E-state index in [2.05, 4.69) is 10.9 Å². The number of aryl methyl sites for hydroxylation is 1. The lowest BCUT2D eigenvalue weighted by Crippen LogP contribution is -2.41. The molecule has 0 aliphatic rings. The van der Waals surface area contributed by atoms with Crippen molar-refractivity contribution in [3.63, 3.8) is 0 Å². The van der Waals surface area contributed by atoms with E-state index in [4.69, 9.17) is 16.0 Å². The van der Waals surface area contributed by atoms with E-state index in [9.17, 15) is 14.4 Å². The second kappa shape index (κ2) is 7.41. The Morgan fingerprint density at radius 1 is 1.00 bits per heavy atom. The fourth-order valence-corrected chi connectivity index (χ4v) is 2.55. The van der Waals surface area contributed by atoms with Crippen molar-refractivity contribution < 1.29 is 14.0 Å². The van der Waals surface area contributed by atoms with E-state index in [1.54, 1.807) is 18.2 Å². The highest BCUT2D eigenvalue weighted by molar-refractivity contribution is 6.31. The van der Waals surface area contributed by atoms with Crippen molar-refractivity contribution >= 4 is 34.4 Å². The Balaban J connectivity index is 1.73. The maximum atomic E-state index is 12.2. The van der Waals surface area contributed by atoms with Crippen molar-refractivity contribution in [2.45, 2.75) is 13.3 Å². The summed E-state index contributed by atoms with van der Waals surface area (Å²) in [5.74, 6) is -1.43. The average Bonchev–Trinajstić information content (AvgIpc) is 2.66. The second-order valence-corrected chi connectivity index (χ2v) is 6.01. The molecule has 0 radical (unpaired) electrons. The molecule has 3 rings (SSSR count). The van der Waals surface area contributed by atoms with Crippen LogP contribution in [0.4, 0.5) is 0 Å². The minimum absolute atomic E-state index is 0.216. The molecule has 1 heterocycles. The van der Waals surface area contributed by atoms with Gasteiger partial charge in [0.1, 0.15) is 5.58 Å². The summed E-state index contributed by atoms with van der Waals surface area (Å²) in [7, 11) is 0. The lowest BCUT2D eigenvalue weighted by molar-refractivity contribution is 0.0831. The van der Waals surface area contributed by atoms with Crippen LogP contribution in [0.2, 0.25) is 5.02 Å². The quantitative estimate of drug-likeness (QED) is 0.693. The van der Waals surface area contributed by atoms with Crippen LogP contribution in [0.15, 0.2) is 57.7 Å². The molecule has 1 aromatic heterocycles. The van der Waals surface area contributed by atoms with Crippen molar-refractivity contribution in [1.29, 1.82) is 0 Å². The topological polar surface area (TPSA) is 88.4 Å². The lowest BCUT2D eigenvalue weighted by atomic mass is 10.1. The number of amides is 2. The number of rotatable bonds is 3. The average molecular weight is 371 g/mol. The Morgan fingerprint density at radius 3 is 2.38 bits per heavy atom. The number of halogens is 1. The molecule has 0 fully saturated rings. The summed E-state index contributed by atoms with van der Waals surface area (Å²) in [4.78, 5) is 36.3. The number of hydrogen-bond acceptors (Lipinski definition) is 4. The number of hydrogen-bond donors (Lipinski definition) is 2. The molecule has 132 valence electrons. The van der Waals surface area contributed by atoms with Gasteiger partial charge in [-0.3, -0.25) is 25.2 Å². The first-order chi connectivity index (χ1) is 12.5. The Hall–Kier alpha value is -3.12. The van der Waals surface area contributed by atoms with Crippen molar-refractivity contribution in [2.24, 2.45) is 0 Å². The lowest BCUT2D eigenvalue weighted by Gasteiger charge is -2.08. The Labute approximate surface area is 153 Å². The van der Waals surface area contributed by atoms with Crippen LogP contribution >= 0.6 is 11.6 Å². The molecular weight excluding hydrogens is 356 g/mol. The number of carbonyl (C=O) groups is 2. The molecule has 2 amide bonds. The maximum Gasteiger partial charge on any atom is 0.305 e. The third kappa shape index (κ3) is 3.75. The fourth-order valence-electron chi connectivity index (χ4n) is 2.38. The Morgan fingerprint density at radius 2 is 1.69 bits per heavy atom. The molecule has 0 atom stereocenters. The standard InChI is InChI=1S/C19H15ClN2O4/c1-2-11-3-5-12(6-4-11)18(24)21-22-19(25)17-10-15(23)14-9-13(20)7-8-16(14)26-17/h3-10H,2H2,1H3,(H,21,24)(H,22,25). The van der Waals surface area contributed by atoms with E-state index in [-0.39, 0.29) is 16.7 Å². The van der Waals surface area contributed by atoms with Crippen LogP contribution in [-0.4, -0.2) is 11.8 Å². The van der Waals surface area contributed by atoms with Gasteiger partial charge in [0.15, 0.2) is 11.2 Å². The summed E-state index contributed by atoms with van der Waals surface area (Å²) in [6.07, 6.45) is 0.866. The van der Waals surface area contributed by atoms with Gasteiger partial charge in [-0.15, -0.1) is 0 Å². The highest BCUT2D eigenvalue weighted by Gasteiger charge is 2.14. The summed E-state index contributed by atoms with van der Waals surface area (Å²) < 4.78 is 5.41. The van der Waals surface area contributed by atoms with Gasteiger partial charge in [-0.1, -0.05) is 30.7 Å². The van der Waals surface area contributed by atoms with Gasteiger partial charge >= 0.3 is 5.91 Å². The van der Waals surface area contributed by atoms with E-state index >= 15 is 0 Å². The van der Waals surface area contributed by atoms with Gasteiger partial charge in [0.2, 0.25) is 0 Å². The Bertz CT molecular complexity index is 1040. The zero-order valence-electron chi connectivity index (χ0n) is 13.8. The van der Waals surface area contributed by atoms with Crippen LogP contribution in [0, 0.1) is 0 Å². The van der Waals surface area contributed by atoms with Gasteiger partial charge in [0, 0.05) is 16.7 Å². The van der Waals surface area contributed by atoms with Gasteiger partial charge in [-0.2, -0.15) is 0 Å². The molecule has 2 N–H and O–H groups in total. The highest BCUT2D eigenvalue weighted by Crippen LogP contribution is 2.17. The summed E-state index contributed by atoms with van der Waals surface area (Å²) in [6.45, 7) is 2.01. The van der Waals surface area contributed by atoms with Crippen LogP contribution in [0.3, 0.4) is 0 Å². The Kier molecular flexibility index (Phi) is 5.04. The summed E-state index contributed by atoms with van der Waals surface area (Å²) in [6, 6.07) is 12.6. The van der Waals surface area contributed by atoms with Crippen molar-refractivity contribution in [1.82, 2.24) is 10.9 Å². The van der Waals surface area contributed by atoms with Gasteiger partial charge in [0.05, 0.1) is 5.39 Å². The zero-order valence-corrected chi connectivity index (χ0v) is 14.6. The molecule has 6 nitrogen and oxygen atoms in total. The molecule has 0 aliphatic carbocycles. The molecule has 0 aliphatic heterocycles. The van der Waals surface area contributed by atoms with E-state index in [1.165, 1.54) is 12.1 Å². The number of fused-ring (bicyclic) bond motifs is 1. The van der Waals surface area contributed by atoms with Gasteiger partial charge in [0.25, 0.3) is 5.91 Å². The molecule has 0 unspecified atom stereocenters. The fraction of sp³-hybridized carbons (Fsp3) is 0.105. The van der Waals surface area contributed by atoms with Crippen molar-refractivity contribution in [2.75, 3.05) is 0 Å². The van der Waals surface area contributed by atoms with Gasteiger partial charge < -0.3 is 4.42 Å². The highest BCUT2D eigenvalue weighted by atomic mass is 35.5. The van der Waals surface area contributed by atoms with Crippen LogP contribution in [0.1, 0.15) is 33.4 Å². The molecule has 26 heavy (non-hydrogen) atoms. The molecule has 3 aromatic rings. The predicted molar refractivity (Wildman–Crippen MR) is 98.2 cm³/mol. The molecular formula is C19H15ClN2O4. The number of nitrogens with one attached hydrogen (secondary N) is 2. The third-order valence-electron chi connectivity index (χ3n) is 3.83. The zero-order chi connectivity index (χ0) is 18.7. The smallest absolute Gasteiger partial charge is 0.305 e. The molecule has 0 spiro atoms. The van der Waals surface area contributed by atoms with Crippen molar-refractivity contribution in [3.8, 4) is 0 Å². The molecule has 0 saturated heterocycles. The monoisotopic (exact) mass is 370 g/mol.